The molecule has 122 valence electrons. The number of rotatable bonds is 3. The van der Waals surface area contributed by atoms with Crippen molar-refractivity contribution in [2.45, 2.75) is 12.8 Å². The van der Waals surface area contributed by atoms with Gasteiger partial charge in [0.15, 0.2) is 11.5 Å². The molecule has 0 saturated heterocycles. The summed E-state index contributed by atoms with van der Waals surface area (Å²) in [5.74, 6) is 3.18. The minimum atomic E-state index is 0.666. The van der Waals surface area contributed by atoms with E-state index in [0.29, 0.717) is 11.5 Å². The molecule has 3 aromatic rings. The molecule has 1 aromatic heterocycles. The number of hydrogen-bond acceptors (Lipinski definition) is 3. The summed E-state index contributed by atoms with van der Waals surface area (Å²) in [6.45, 7) is 0. The van der Waals surface area contributed by atoms with Crippen molar-refractivity contribution in [1.82, 2.24) is 0 Å². The summed E-state index contributed by atoms with van der Waals surface area (Å²) in [5, 5.41) is 1.02. The molecule has 0 N–H and O–H groups in total. The van der Waals surface area contributed by atoms with Gasteiger partial charge >= 0.3 is 11.3 Å². The first-order chi connectivity index (χ1) is 11.7. The first-order valence-electron chi connectivity index (χ1n) is 7.92. The van der Waals surface area contributed by atoms with Crippen LogP contribution >= 0.6 is 0 Å². The normalized spacial score (nSPS) is 12.5. The fraction of sp³-hybridized carbons (Fsp3) is 0.250. The third-order valence-electron chi connectivity index (χ3n) is 4.57. The minimum absolute atomic E-state index is 0.666. The highest BCUT2D eigenvalue weighted by atomic mass is 16.5. The highest BCUT2D eigenvalue weighted by Crippen LogP contribution is 2.40. The van der Waals surface area contributed by atoms with Gasteiger partial charge in [-0.15, -0.1) is 0 Å². The second-order valence-corrected chi connectivity index (χ2v) is 5.87. The molecule has 0 unspecified atom stereocenters. The van der Waals surface area contributed by atoms with Gasteiger partial charge in [-0.3, -0.25) is 0 Å². The van der Waals surface area contributed by atoms with Crippen molar-refractivity contribution >= 4 is 11.0 Å². The summed E-state index contributed by atoms with van der Waals surface area (Å²) in [4.78, 5) is 0. The number of aryl methyl sites for hydroxylation is 2. The standard InChI is InChI=1S/C20H19O4/c1-21-15-6-7-16-12(9-15)4-5-13-8-14-10-18(22-2)19(23-3)11-17(14)24-20(13)16/h6-11H,4-5H2,1-3H3/q+1. The first kappa shape index (κ1) is 14.8. The van der Waals surface area contributed by atoms with E-state index in [1.54, 1.807) is 21.3 Å². The highest BCUT2D eigenvalue weighted by molar-refractivity contribution is 5.85. The maximum atomic E-state index is 6.25. The van der Waals surface area contributed by atoms with E-state index in [-0.39, 0.29) is 0 Å². The van der Waals surface area contributed by atoms with E-state index in [9.17, 15) is 0 Å². The second-order valence-electron chi connectivity index (χ2n) is 5.87. The molecule has 1 aliphatic carbocycles. The lowest BCUT2D eigenvalue weighted by atomic mass is 9.89. The molecule has 0 aliphatic heterocycles. The van der Waals surface area contributed by atoms with Crippen LogP contribution in [0.1, 0.15) is 11.1 Å². The third-order valence-corrected chi connectivity index (χ3v) is 4.57. The number of fused-ring (bicyclic) bond motifs is 4. The Morgan fingerprint density at radius 2 is 1.54 bits per heavy atom. The fourth-order valence-electron chi connectivity index (χ4n) is 3.31. The van der Waals surface area contributed by atoms with E-state index < -0.39 is 0 Å². The van der Waals surface area contributed by atoms with Crippen LogP contribution < -0.4 is 14.2 Å². The van der Waals surface area contributed by atoms with Crippen molar-refractivity contribution in [3.63, 3.8) is 0 Å². The van der Waals surface area contributed by atoms with Gasteiger partial charge in [0.2, 0.25) is 0 Å². The molecule has 1 aliphatic rings. The Kier molecular flexibility index (Phi) is 3.53. The summed E-state index contributed by atoms with van der Waals surface area (Å²) in [6.07, 6.45) is 1.93. The topological polar surface area (TPSA) is 39.0 Å². The van der Waals surface area contributed by atoms with E-state index in [1.165, 1.54) is 11.1 Å². The lowest BCUT2D eigenvalue weighted by molar-refractivity contribution is 0.355. The van der Waals surface area contributed by atoms with Crippen molar-refractivity contribution in [3.05, 3.63) is 47.5 Å². The Bertz CT molecular complexity index is 931. The van der Waals surface area contributed by atoms with Gasteiger partial charge in [-0.1, -0.05) is 0 Å². The minimum Gasteiger partial charge on any atom is -0.497 e. The molecular weight excluding hydrogens is 304 g/mol. The van der Waals surface area contributed by atoms with Gasteiger partial charge in [0.05, 0.1) is 43.9 Å². The summed E-state index contributed by atoms with van der Waals surface area (Å²) < 4.78 is 22.4. The zero-order chi connectivity index (χ0) is 16.7. The van der Waals surface area contributed by atoms with Gasteiger partial charge in [-0.05, 0) is 42.7 Å². The lowest BCUT2D eigenvalue weighted by Crippen LogP contribution is -2.04. The van der Waals surface area contributed by atoms with Gasteiger partial charge in [0, 0.05) is 6.07 Å². The number of ether oxygens (including phenoxy) is 3. The Morgan fingerprint density at radius 3 is 2.29 bits per heavy atom. The summed E-state index contributed by atoms with van der Waals surface area (Å²) in [6, 6.07) is 12.2. The summed E-state index contributed by atoms with van der Waals surface area (Å²) in [5.41, 5.74) is 4.39. The molecule has 0 fully saturated rings. The van der Waals surface area contributed by atoms with E-state index in [1.807, 2.05) is 18.2 Å². The maximum Gasteiger partial charge on any atom is 0.364 e. The molecule has 4 heteroatoms. The van der Waals surface area contributed by atoms with E-state index >= 15 is 0 Å². The SMILES string of the molecule is COc1ccc2c(c1)CCc1cc3cc(OC)c(OC)cc3[o+]c1-2. The molecular formula is C20H19O4+. The Balaban J connectivity index is 1.92. The van der Waals surface area contributed by atoms with Crippen molar-refractivity contribution in [1.29, 1.82) is 0 Å². The van der Waals surface area contributed by atoms with Crippen LogP contribution in [0.5, 0.6) is 17.2 Å². The van der Waals surface area contributed by atoms with Gasteiger partial charge in [-0.2, -0.15) is 0 Å². The quantitative estimate of drug-likeness (QED) is 0.665. The van der Waals surface area contributed by atoms with Crippen LogP contribution in [0.4, 0.5) is 0 Å². The van der Waals surface area contributed by atoms with Crippen LogP contribution in [0.25, 0.3) is 22.3 Å². The number of hydrogen-bond donors (Lipinski definition) is 0. The molecule has 1 heterocycles. The van der Waals surface area contributed by atoms with E-state index in [2.05, 4.69) is 18.2 Å². The van der Waals surface area contributed by atoms with Gasteiger partial charge in [0.1, 0.15) is 5.75 Å². The Morgan fingerprint density at radius 1 is 0.792 bits per heavy atom. The maximum absolute atomic E-state index is 6.25. The monoisotopic (exact) mass is 323 g/mol. The van der Waals surface area contributed by atoms with Gasteiger partial charge in [-0.25, -0.2) is 4.42 Å². The van der Waals surface area contributed by atoms with Gasteiger partial charge in [0.25, 0.3) is 0 Å². The van der Waals surface area contributed by atoms with Crippen LogP contribution in [0, 0.1) is 0 Å². The lowest BCUT2D eigenvalue weighted by Gasteiger charge is -2.14. The van der Waals surface area contributed by atoms with Crippen LogP contribution in [-0.4, -0.2) is 21.3 Å². The van der Waals surface area contributed by atoms with Crippen LogP contribution in [0.15, 0.2) is 40.8 Å². The molecule has 0 radical (unpaired) electrons. The zero-order valence-electron chi connectivity index (χ0n) is 14.0. The molecule has 0 spiro atoms. The highest BCUT2D eigenvalue weighted by Gasteiger charge is 2.29. The van der Waals surface area contributed by atoms with E-state index in [4.69, 9.17) is 18.6 Å². The fourth-order valence-corrected chi connectivity index (χ4v) is 3.31. The van der Waals surface area contributed by atoms with Crippen molar-refractivity contribution in [2.75, 3.05) is 21.3 Å². The molecule has 0 atom stereocenters. The predicted octanol–water partition coefficient (Wildman–Crippen LogP) is 4.51. The average molecular weight is 323 g/mol. The summed E-state index contributed by atoms with van der Waals surface area (Å²) in [7, 11) is 4.96. The van der Waals surface area contributed by atoms with Crippen LogP contribution in [0.2, 0.25) is 0 Å². The molecule has 4 nitrogen and oxygen atoms in total. The Hall–Kier alpha value is -2.75. The van der Waals surface area contributed by atoms with E-state index in [0.717, 1.165) is 40.9 Å². The van der Waals surface area contributed by atoms with Crippen molar-refractivity contribution in [3.8, 4) is 28.6 Å². The van der Waals surface area contributed by atoms with Crippen molar-refractivity contribution in [2.24, 2.45) is 0 Å². The zero-order valence-corrected chi connectivity index (χ0v) is 14.0. The van der Waals surface area contributed by atoms with Crippen LogP contribution in [-0.2, 0) is 12.8 Å². The molecule has 4 rings (SSSR count). The molecule has 24 heavy (non-hydrogen) atoms. The Labute approximate surface area is 140 Å². The van der Waals surface area contributed by atoms with Crippen molar-refractivity contribution < 1.29 is 18.6 Å². The van der Waals surface area contributed by atoms with Gasteiger partial charge < -0.3 is 14.2 Å². The summed E-state index contributed by atoms with van der Waals surface area (Å²) >= 11 is 0. The first-order valence-corrected chi connectivity index (χ1v) is 7.92. The predicted molar refractivity (Wildman–Crippen MR) is 93.1 cm³/mol. The molecule has 0 amide bonds. The van der Waals surface area contributed by atoms with Crippen LogP contribution in [0.3, 0.4) is 0 Å². The average Bonchev–Trinajstić information content (AvgIpc) is 2.64. The smallest absolute Gasteiger partial charge is 0.364 e. The third kappa shape index (κ3) is 2.26. The second kappa shape index (κ2) is 5.71. The number of benzene rings is 2. The molecule has 2 aromatic carbocycles. The molecule has 0 bridgehead atoms. The largest absolute Gasteiger partial charge is 0.497 e. The molecule has 0 saturated carbocycles. The number of methoxy groups -OCH3 is 3.